The molecule has 1 aromatic heterocycles. The second-order valence-corrected chi connectivity index (χ2v) is 5.46. The highest BCUT2D eigenvalue weighted by Crippen LogP contribution is 2.20. The highest BCUT2D eigenvalue weighted by Gasteiger charge is 2.07. The van der Waals surface area contributed by atoms with Gasteiger partial charge in [-0.2, -0.15) is 16.9 Å². The molecule has 0 aromatic carbocycles. The monoisotopic (exact) mass is 312 g/mol. The fourth-order valence-electron chi connectivity index (χ4n) is 0.872. The van der Waals surface area contributed by atoms with Gasteiger partial charge in [-0.15, -0.1) is 0 Å². The molecule has 0 bridgehead atoms. The number of nitrogens with zero attached hydrogens (tertiary/aromatic N) is 2. The SMILES string of the molecule is C[C@@H](CO)SCc1c(I)cnn1C. The number of aliphatic hydroxyl groups is 1. The van der Waals surface area contributed by atoms with Gasteiger partial charge in [0, 0.05) is 18.1 Å². The fourth-order valence-corrected chi connectivity index (χ4v) is 2.69. The molecule has 0 unspecified atom stereocenters. The van der Waals surface area contributed by atoms with E-state index >= 15 is 0 Å². The van der Waals surface area contributed by atoms with Crippen LogP contribution in [-0.2, 0) is 12.8 Å². The molecule has 1 heterocycles. The molecule has 0 amide bonds. The van der Waals surface area contributed by atoms with Crippen molar-refractivity contribution in [3.05, 3.63) is 15.5 Å². The maximum atomic E-state index is 8.86. The van der Waals surface area contributed by atoms with E-state index in [4.69, 9.17) is 5.11 Å². The van der Waals surface area contributed by atoms with Crippen LogP contribution in [0, 0.1) is 3.57 Å². The Kier molecular flexibility index (Phi) is 4.54. The second-order valence-electron chi connectivity index (χ2n) is 2.87. The average Bonchev–Trinajstić information content (AvgIpc) is 2.43. The first-order valence-electron chi connectivity index (χ1n) is 4.04. The van der Waals surface area contributed by atoms with E-state index in [1.807, 2.05) is 24.9 Å². The lowest BCUT2D eigenvalue weighted by Crippen LogP contribution is -2.05. The third-order valence-corrected chi connectivity index (χ3v) is 3.83. The van der Waals surface area contributed by atoms with Crippen molar-refractivity contribution in [2.75, 3.05) is 6.61 Å². The molecule has 0 aliphatic rings. The highest BCUT2D eigenvalue weighted by molar-refractivity contribution is 14.1. The number of halogens is 1. The lowest BCUT2D eigenvalue weighted by Gasteiger charge is -2.07. The Labute approximate surface area is 96.0 Å². The van der Waals surface area contributed by atoms with Gasteiger partial charge in [0.25, 0.3) is 0 Å². The predicted molar refractivity (Wildman–Crippen MR) is 63.8 cm³/mol. The number of hydrogen-bond acceptors (Lipinski definition) is 3. The molecule has 13 heavy (non-hydrogen) atoms. The van der Waals surface area contributed by atoms with E-state index in [1.54, 1.807) is 11.8 Å². The number of thioether (sulfide) groups is 1. The van der Waals surface area contributed by atoms with Crippen molar-refractivity contribution in [2.45, 2.75) is 17.9 Å². The fraction of sp³-hybridized carbons (Fsp3) is 0.625. The number of aryl methyl sites for hydroxylation is 1. The Morgan fingerprint density at radius 1 is 1.77 bits per heavy atom. The first-order chi connectivity index (χ1) is 6.15. The molecule has 1 atom stereocenters. The van der Waals surface area contributed by atoms with Crippen LogP contribution in [0.4, 0.5) is 0 Å². The van der Waals surface area contributed by atoms with Crippen molar-refractivity contribution < 1.29 is 5.11 Å². The zero-order valence-corrected chi connectivity index (χ0v) is 10.7. The average molecular weight is 312 g/mol. The highest BCUT2D eigenvalue weighted by atomic mass is 127. The van der Waals surface area contributed by atoms with Gasteiger partial charge in [0.15, 0.2) is 0 Å². The molecule has 0 aliphatic heterocycles. The zero-order chi connectivity index (χ0) is 9.84. The molecule has 0 saturated carbocycles. The number of hydrogen-bond donors (Lipinski definition) is 1. The minimum Gasteiger partial charge on any atom is -0.395 e. The second kappa shape index (κ2) is 5.21. The summed E-state index contributed by atoms with van der Waals surface area (Å²) in [6, 6.07) is 0. The Hall–Kier alpha value is 0.250. The molecule has 1 aromatic rings. The van der Waals surface area contributed by atoms with Crippen LogP contribution in [0.2, 0.25) is 0 Å². The third-order valence-electron chi connectivity index (χ3n) is 1.77. The molecular formula is C8H13IN2OS. The Balaban J connectivity index is 2.53. The van der Waals surface area contributed by atoms with E-state index in [1.165, 1.54) is 9.26 Å². The van der Waals surface area contributed by atoms with Crippen LogP contribution in [0.1, 0.15) is 12.6 Å². The van der Waals surface area contributed by atoms with Crippen LogP contribution in [-0.4, -0.2) is 26.7 Å². The zero-order valence-electron chi connectivity index (χ0n) is 7.70. The van der Waals surface area contributed by atoms with Gasteiger partial charge in [0.05, 0.1) is 22.1 Å². The molecule has 1 rings (SSSR count). The van der Waals surface area contributed by atoms with E-state index in [0.29, 0.717) is 5.25 Å². The summed E-state index contributed by atoms with van der Waals surface area (Å²) in [5.74, 6) is 0.913. The van der Waals surface area contributed by atoms with Gasteiger partial charge in [-0.05, 0) is 22.6 Å². The van der Waals surface area contributed by atoms with Crippen molar-refractivity contribution in [2.24, 2.45) is 7.05 Å². The van der Waals surface area contributed by atoms with E-state index < -0.39 is 0 Å². The largest absolute Gasteiger partial charge is 0.395 e. The Morgan fingerprint density at radius 3 is 2.92 bits per heavy atom. The van der Waals surface area contributed by atoms with E-state index in [-0.39, 0.29) is 6.61 Å². The maximum absolute atomic E-state index is 8.86. The van der Waals surface area contributed by atoms with Crippen LogP contribution in [0.15, 0.2) is 6.20 Å². The molecule has 0 fully saturated rings. The van der Waals surface area contributed by atoms with Crippen molar-refractivity contribution in [3.8, 4) is 0 Å². The standard InChI is InChI=1S/C8H13IN2OS/c1-6(4-12)13-5-8-7(9)3-10-11(8)2/h3,6,12H,4-5H2,1-2H3/t6-/m0/s1. The van der Waals surface area contributed by atoms with Gasteiger partial charge in [-0.1, -0.05) is 6.92 Å². The van der Waals surface area contributed by atoms with E-state index in [2.05, 4.69) is 27.7 Å². The Morgan fingerprint density at radius 2 is 2.46 bits per heavy atom. The minimum atomic E-state index is 0.235. The summed E-state index contributed by atoms with van der Waals surface area (Å²) < 4.78 is 3.08. The summed E-state index contributed by atoms with van der Waals surface area (Å²) in [6.07, 6.45) is 1.86. The van der Waals surface area contributed by atoms with Gasteiger partial charge in [0.1, 0.15) is 0 Å². The molecule has 0 saturated heterocycles. The molecule has 0 aliphatic carbocycles. The Bertz CT molecular complexity index is 258. The quantitative estimate of drug-likeness (QED) is 0.859. The van der Waals surface area contributed by atoms with Gasteiger partial charge in [-0.3, -0.25) is 4.68 Å². The molecule has 1 N–H and O–H groups in total. The van der Waals surface area contributed by atoms with Crippen molar-refractivity contribution in [3.63, 3.8) is 0 Å². The number of aliphatic hydroxyl groups excluding tert-OH is 1. The van der Waals surface area contributed by atoms with Crippen LogP contribution in [0.3, 0.4) is 0 Å². The smallest absolute Gasteiger partial charge is 0.0626 e. The van der Waals surface area contributed by atoms with Crippen LogP contribution in [0.5, 0.6) is 0 Å². The van der Waals surface area contributed by atoms with Crippen molar-refractivity contribution >= 4 is 34.4 Å². The molecular weight excluding hydrogens is 299 g/mol. The van der Waals surface area contributed by atoms with Gasteiger partial charge >= 0.3 is 0 Å². The van der Waals surface area contributed by atoms with E-state index in [9.17, 15) is 0 Å². The minimum absolute atomic E-state index is 0.235. The summed E-state index contributed by atoms with van der Waals surface area (Å²) in [7, 11) is 1.95. The molecule has 5 heteroatoms. The predicted octanol–water partition coefficient (Wildman–Crippen LogP) is 1.64. The van der Waals surface area contributed by atoms with Crippen molar-refractivity contribution in [1.29, 1.82) is 0 Å². The lowest BCUT2D eigenvalue weighted by atomic mass is 10.5. The van der Waals surface area contributed by atoms with Crippen LogP contribution < -0.4 is 0 Å². The maximum Gasteiger partial charge on any atom is 0.0626 e. The summed E-state index contributed by atoms with van der Waals surface area (Å²) in [4.78, 5) is 0. The lowest BCUT2D eigenvalue weighted by molar-refractivity contribution is 0.300. The molecule has 74 valence electrons. The first-order valence-corrected chi connectivity index (χ1v) is 6.16. The topological polar surface area (TPSA) is 38.1 Å². The summed E-state index contributed by atoms with van der Waals surface area (Å²) in [6.45, 7) is 2.26. The van der Waals surface area contributed by atoms with Gasteiger partial charge in [0.2, 0.25) is 0 Å². The summed E-state index contributed by atoms with van der Waals surface area (Å²) in [5.41, 5.74) is 1.23. The van der Waals surface area contributed by atoms with Gasteiger partial charge < -0.3 is 5.11 Å². The summed E-state index contributed by atoms with van der Waals surface area (Å²) in [5, 5.41) is 13.3. The normalized spacial score (nSPS) is 13.2. The van der Waals surface area contributed by atoms with Crippen LogP contribution in [0.25, 0.3) is 0 Å². The third kappa shape index (κ3) is 3.14. The number of aromatic nitrogens is 2. The number of rotatable bonds is 4. The van der Waals surface area contributed by atoms with Gasteiger partial charge in [-0.25, -0.2) is 0 Å². The molecule has 3 nitrogen and oxygen atoms in total. The van der Waals surface area contributed by atoms with Crippen LogP contribution >= 0.6 is 34.4 Å². The first kappa shape index (κ1) is 11.3. The molecule has 0 radical (unpaired) electrons. The summed E-state index contributed by atoms with van der Waals surface area (Å²) >= 11 is 4.03. The van der Waals surface area contributed by atoms with E-state index in [0.717, 1.165) is 5.75 Å². The molecule has 0 spiro atoms. The van der Waals surface area contributed by atoms with Crippen molar-refractivity contribution in [1.82, 2.24) is 9.78 Å².